The molecule has 0 saturated carbocycles. The molecule has 0 fully saturated rings. The molecule has 0 amide bonds. The summed E-state index contributed by atoms with van der Waals surface area (Å²) in [5.41, 5.74) is 1.83. The van der Waals surface area contributed by atoms with E-state index in [1.165, 1.54) is 48.5 Å². The molecule has 0 radical (unpaired) electrons. The number of nitrogens with zero attached hydrogens (tertiary/aromatic N) is 2. The van der Waals surface area contributed by atoms with Gasteiger partial charge in [0.25, 0.3) is 0 Å². The van der Waals surface area contributed by atoms with Crippen molar-refractivity contribution in [2.24, 2.45) is 0 Å². The van der Waals surface area contributed by atoms with E-state index < -0.39 is 12.2 Å². The number of hydrogen-bond donors (Lipinski definition) is 4. The van der Waals surface area contributed by atoms with Crippen molar-refractivity contribution in [1.29, 1.82) is 0 Å². The van der Waals surface area contributed by atoms with E-state index in [1.807, 2.05) is 24.3 Å². The molecule has 0 bridgehead atoms. The lowest BCUT2D eigenvalue weighted by molar-refractivity contribution is 0.191. The molecule has 8 heteroatoms. The number of aliphatic hydroxyl groups excluding tert-OH is 2. The van der Waals surface area contributed by atoms with Gasteiger partial charge in [0.15, 0.2) is 0 Å². The van der Waals surface area contributed by atoms with Crippen molar-refractivity contribution in [3.8, 4) is 0 Å². The van der Waals surface area contributed by atoms with Crippen LogP contribution in [0.2, 0.25) is 0 Å². The standard InChI is InChI=1S/C24H22F2N4O2/c25-17-9-5-15(6-10-17)21(31)13-27-23-19-3-1-2-4-20(19)29-24(30-23)28-14-22(32)16-7-11-18(26)12-8-16/h1-12,21-22,31-32H,13-14H2,(H2,27,28,29,30). The maximum atomic E-state index is 13.1. The van der Waals surface area contributed by atoms with Crippen LogP contribution >= 0.6 is 0 Å². The van der Waals surface area contributed by atoms with Crippen LogP contribution in [0.5, 0.6) is 0 Å². The van der Waals surface area contributed by atoms with E-state index in [0.717, 1.165) is 5.39 Å². The third kappa shape index (κ3) is 5.16. The summed E-state index contributed by atoms with van der Waals surface area (Å²) in [6.07, 6.45) is -1.73. The fraction of sp³-hybridized carbons (Fsp3) is 0.167. The van der Waals surface area contributed by atoms with E-state index in [4.69, 9.17) is 0 Å². The van der Waals surface area contributed by atoms with Gasteiger partial charge in [-0.15, -0.1) is 0 Å². The molecule has 1 aromatic heterocycles. The Morgan fingerprint density at radius 2 is 1.22 bits per heavy atom. The van der Waals surface area contributed by atoms with Crippen molar-refractivity contribution in [1.82, 2.24) is 9.97 Å². The molecule has 1 heterocycles. The van der Waals surface area contributed by atoms with Gasteiger partial charge in [-0.2, -0.15) is 4.98 Å². The van der Waals surface area contributed by atoms with Gasteiger partial charge < -0.3 is 20.8 Å². The zero-order valence-electron chi connectivity index (χ0n) is 17.0. The first-order valence-corrected chi connectivity index (χ1v) is 10.1. The molecule has 0 aliphatic heterocycles. The smallest absolute Gasteiger partial charge is 0.225 e. The van der Waals surface area contributed by atoms with Crippen LogP contribution in [-0.4, -0.2) is 33.3 Å². The van der Waals surface area contributed by atoms with Crippen LogP contribution in [0.25, 0.3) is 10.9 Å². The Labute approximate surface area is 183 Å². The summed E-state index contributed by atoms with van der Waals surface area (Å²) in [7, 11) is 0. The maximum Gasteiger partial charge on any atom is 0.225 e. The predicted molar refractivity (Wildman–Crippen MR) is 119 cm³/mol. The SMILES string of the molecule is OC(CNc1nc(NCC(O)c2ccc(F)cc2)c2ccccc2n1)c1ccc(F)cc1. The number of nitrogens with one attached hydrogen (secondary N) is 2. The highest BCUT2D eigenvalue weighted by Crippen LogP contribution is 2.24. The van der Waals surface area contributed by atoms with E-state index in [9.17, 15) is 19.0 Å². The van der Waals surface area contributed by atoms with Crippen molar-refractivity contribution in [2.45, 2.75) is 12.2 Å². The topological polar surface area (TPSA) is 90.3 Å². The van der Waals surface area contributed by atoms with Crippen molar-refractivity contribution < 1.29 is 19.0 Å². The first kappa shape index (κ1) is 21.6. The molecule has 4 N–H and O–H groups in total. The quantitative estimate of drug-likeness (QED) is 0.331. The van der Waals surface area contributed by atoms with E-state index in [1.54, 1.807) is 0 Å². The predicted octanol–water partition coefficient (Wildman–Crippen LogP) is 4.20. The molecule has 0 aliphatic rings. The lowest BCUT2D eigenvalue weighted by atomic mass is 10.1. The number of hydrogen-bond acceptors (Lipinski definition) is 6. The highest BCUT2D eigenvalue weighted by molar-refractivity contribution is 5.90. The number of anilines is 2. The van der Waals surface area contributed by atoms with Crippen LogP contribution in [0.3, 0.4) is 0 Å². The first-order valence-electron chi connectivity index (χ1n) is 10.1. The van der Waals surface area contributed by atoms with Gasteiger partial charge in [0.05, 0.1) is 17.7 Å². The van der Waals surface area contributed by atoms with Crippen LogP contribution in [0.15, 0.2) is 72.8 Å². The zero-order valence-corrected chi connectivity index (χ0v) is 17.0. The summed E-state index contributed by atoms with van der Waals surface area (Å²) in [6.45, 7) is 0.284. The Balaban J connectivity index is 1.49. The van der Waals surface area contributed by atoms with Crippen LogP contribution < -0.4 is 10.6 Å². The Morgan fingerprint density at radius 3 is 1.81 bits per heavy atom. The lowest BCUT2D eigenvalue weighted by Gasteiger charge is -2.16. The highest BCUT2D eigenvalue weighted by atomic mass is 19.1. The second-order valence-electron chi connectivity index (χ2n) is 7.31. The number of aromatic nitrogens is 2. The van der Waals surface area contributed by atoms with Crippen LogP contribution in [0, 0.1) is 11.6 Å². The van der Waals surface area contributed by atoms with Gasteiger partial charge in [0.2, 0.25) is 5.95 Å². The molecule has 32 heavy (non-hydrogen) atoms. The lowest BCUT2D eigenvalue weighted by Crippen LogP contribution is -2.16. The third-order valence-electron chi connectivity index (χ3n) is 5.03. The third-order valence-corrected chi connectivity index (χ3v) is 5.03. The second-order valence-corrected chi connectivity index (χ2v) is 7.31. The van der Waals surface area contributed by atoms with Gasteiger partial charge in [0, 0.05) is 18.5 Å². The van der Waals surface area contributed by atoms with E-state index in [0.29, 0.717) is 28.4 Å². The van der Waals surface area contributed by atoms with Crippen LogP contribution in [0.4, 0.5) is 20.5 Å². The van der Waals surface area contributed by atoms with E-state index in [2.05, 4.69) is 20.6 Å². The molecule has 6 nitrogen and oxygen atoms in total. The minimum atomic E-state index is -0.873. The van der Waals surface area contributed by atoms with Crippen molar-refractivity contribution in [2.75, 3.05) is 23.7 Å². The fourth-order valence-electron chi connectivity index (χ4n) is 3.28. The Kier molecular flexibility index (Phi) is 6.53. The Hall–Kier alpha value is -3.62. The number of halogens is 2. The summed E-state index contributed by atoms with van der Waals surface area (Å²) in [5, 5.41) is 27.7. The summed E-state index contributed by atoms with van der Waals surface area (Å²) in [4.78, 5) is 8.96. The first-order chi connectivity index (χ1) is 15.5. The molecular formula is C24H22F2N4O2. The number of fused-ring (bicyclic) bond motifs is 1. The van der Waals surface area contributed by atoms with Gasteiger partial charge in [-0.3, -0.25) is 0 Å². The van der Waals surface area contributed by atoms with Crippen molar-refractivity contribution >= 4 is 22.7 Å². The largest absolute Gasteiger partial charge is 0.387 e. The van der Waals surface area contributed by atoms with Crippen molar-refractivity contribution in [3.63, 3.8) is 0 Å². The van der Waals surface area contributed by atoms with Gasteiger partial charge in [0.1, 0.15) is 17.5 Å². The van der Waals surface area contributed by atoms with Crippen molar-refractivity contribution in [3.05, 3.63) is 95.6 Å². The van der Waals surface area contributed by atoms with Gasteiger partial charge in [-0.05, 0) is 47.5 Å². The minimum absolute atomic E-state index is 0.127. The Bertz CT molecular complexity index is 1190. The molecule has 3 aromatic carbocycles. The average molecular weight is 436 g/mol. The van der Waals surface area contributed by atoms with Gasteiger partial charge in [-0.25, -0.2) is 13.8 Å². The number of rotatable bonds is 8. The van der Waals surface area contributed by atoms with E-state index in [-0.39, 0.29) is 24.7 Å². The summed E-state index contributed by atoms with van der Waals surface area (Å²) >= 11 is 0. The summed E-state index contributed by atoms with van der Waals surface area (Å²) < 4.78 is 26.2. The molecule has 2 atom stereocenters. The molecule has 4 aromatic rings. The molecule has 0 spiro atoms. The number of para-hydroxylation sites is 1. The van der Waals surface area contributed by atoms with Crippen LogP contribution in [0.1, 0.15) is 23.3 Å². The normalized spacial score (nSPS) is 13.0. The summed E-state index contributed by atoms with van der Waals surface area (Å²) in [6, 6.07) is 18.7. The highest BCUT2D eigenvalue weighted by Gasteiger charge is 2.13. The maximum absolute atomic E-state index is 13.1. The molecule has 0 saturated heterocycles. The monoisotopic (exact) mass is 436 g/mol. The Morgan fingerprint density at radius 1 is 0.688 bits per heavy atom. The van der Waals surface area contributed by atoms with E-state index >= 15 is 0 Å². The molecule has 2 unspecified atom stereocenters. The number of benzene rings is 3. The minimum Gasteiger partial charge on any atom is -0.387 e. The molecular weight excluding hydrogens is 414 g/mol. The zero-order chi connectivity index (χ0) is 22.5. The molecule has 4 rings (SSSR count). The van der Waals surface area contributed by atoms with Gasteiger partial charge in [-0.1, -0.05) is 36.4 Å². The summed E-state index contributed by atoms with van der Waals surface area (Å²) in [5.74, 6) is 0.0683. The molecule has 164 valence electrons. The van der Waals surface area contributed by atoms with Gasteiger partial charge >= 0.3 is 0 Å². The second kappa shape index (κ2) is 9.67. The fourth-order valence-corrected chi connectivity index (χ4v) is 3.28. The molecule has 0 aliphatic carbocycles. The number of aliphatic hydroxyl groups is 2. The average Bonchev–Trinajstić information content (AvgIpc) is 2.81. The van der Waals surface area contributed by atoms with Crippen LogP contribution in [-0.2, 0) is 0 Å².